The molecule has 0 bridgehead atoms. The Bertz CT molecular complexity index is 288. The molecule has 2 nitrogen and oxygen atoms in total. The number of nitrogens with zero attached hydrogens (tertiary/aromatic N) is 1. The highest BCUT2D eigenvalue weighted by Gasteiger charge is 2.48. The predicted molar refractivity (Wildman–Crippen MR) is 84.3 cm³/mol. The van der Waals surface area contributed by atoms with Gasteiger partial charge in [0.25, 0.3) is 0 Å². The molecule has 2 aliphatic rings. The second-order valence-corrected chi connectivity index (χ2v) is 15.4. The average Bonchev–Trinajstić information content (AvgIpc) is 2.33. The molecular weight excluding hydrogens is 254 g/mol. The van der Waals surface area contributed by atoms with Crippen LogP contribution in [-0.4, -0.2) is 47.4 Å². The van der Waals surface area contributed by atoms with Gasteiger partial charge in [0.1, 0.15) is 9.28 Å². The number of hydrogen-bond donors (Lipinski definition) is 0. The monoisotopic (exact) mass is 285 g/mol. The SMILES string of the molecule is CC1CCN(C[SiH]2CCCO[SiH2]2)C(C)(C)C1(C)C. The first-order valence-electron chi connectivity index (χ1n) is 7.68. The fourth-order valence-corrected chi connectivity index (χ4v) is 10.9. The van der Waals surface area contributed by atoms with E-state index in [0.29, 0.717) is 11.0 Å². The van der Waals surface area contributed by atoms with Gasteiger partial charge < -0.3 is 9.33 Å². The molecule has 2 fully saturated rings. The van der Waals surface area contributed by atoms with Crippen LogP contribution in [0, 0.1) is 11.3 Å². The van der Waals surface area contributed by atoms with E-state index in [1.54, 1.807) is 6.04 Å². The number of piperidine rings is 1. The molecule has 0 aliphatic carbocycles. The molecule has 0 amide bonds. The molecule has 0 saturated carbocycles. The summed E-state index contributed by atoms with van der Waals surface area (Å²) in [7, 11) is -0.640. The van der Waals surface area contributed by atoms with Crippen LogP contribution in [0.2, 0.25) is 6.04 Å². The normalized spacial score (nSPS) is 37.8. The van der Waals surface area contributed by atoms with E-state index in [1.807, 2.05) is 0 Å². The molecule has 0 aromatic rings. The highest BCUT2D eigenvalue weighted by atomic mass is 29.2. The third-order valence-corrected chi connectivity index (χ3v) is 13.5. The Morgan fingerprint density at radius 3 is 2.67 bits per heavy atom. The van der Waals surface area contributed by atoms with Crippen LogP contribution in [0.1, 0.15) is 47.5 Å². The van der Waals surface area contributed by atoms with Crippen LogP contribution < -0.4 is 0 Å². The topological polar surface area (TPSA) is 12.5 Å². The predicted octanol–water partition coefficient (Wildman–Crippen LogP) is 1.90. The van der Waals surface area contributed by atoms with E-state index >= 15 is 0 Å². The summed E-state index contributed by atoms with van der Waals surface area (Å²) >= 11 is 0. The molecule has 2 heterocycles. The minimum atomic E-state index is -0.517. The Hall–Kier alpha value is 0.354. The van der Waals surface area contributed by atoms with Gasteiger partial charge in [0.15, 0.2) is 0 Å². The summed E-state index contributed by atoms with van der Waals surface area (Å²) in [5.41, 5.74) is 0.778. The van der Waals surface area contributed by atoms with Gasteiger partial charge in [-0.05, 0) is 50.7 Å². The molecule has 2 rings (SSSR count). The maximum absolute atomic E-state index is 5.84. The Morgan fingerprint density at radius 2 is 2.06 bits per heavy atom. The van der Waals surface area contributed by atoms with Crippen molar-refractivity contribution in [1.82, 2.24) is 4.90 Å². The van der Waals surface area contributed by atoms with Gasteiger partial charge in [-0.15, -0.1) is 0 Å². The summed E-state index contributed by atoms with van der Waals surface area (Å²) in [5.74, 6) is 0.838. The first-order chi connectivity index (χ1) is 8.35. The van der Waals surface area contributed by atoms with Gasteiger partial charge >= 0.3 is 0 Å². The number of rotatable bonds is 2. The van der Waals surface area contributed by atoms with Gasteiger partial charge in [-0.1, -0.05) is 26.8 Å². The van der Waals surface area contributed by atoms with Gasteiger partial charge in [0, 0.05) is 12.1 Å². The van der Waals surface area contributed by atoms with Crippen molar-refractivity contribution in [3.63, 3.8) is 0 Å². The second kappa shape index (κ2) is 5.39. The van der Waals surface area contributed by atoms with Gasteiger partial charge in [0.2, 0.25) is 0 Å². The van der Waals surface area contributed by atoms with Crippen LogP contribution in [0.15, 0.2) is 0 Å². The third kappa shape index (κ3) is 2.62. The van der Waals surface area contributed by atoms with E-state index in [0.717, 1.165) is 12.5 Å². The molecule has 2 unspecified atom stereocenters. The van der Waals surface area contributed by atoms with Crippen molar-refractivity contribution < 1.29 is 4.43 Å². The fraction of sp³-hybridized carbons (Fsp3) is 1.00. The first kappa shape index (κ1) is 14.8. The maximum Gasteiger partial charge on any atom is 0.148 e. The summed E-state index contributed by atoms with van der Waals surface area (Å²) < 4.78 is 5.84. The second-order valence-electron chi connectivity index (χ2n) is 7.50. The lowest BCUT2D eigenvalue weighted by Crippen LogP contribution is -2.63. The lowest BCUT2D eigenvalue weighted by atomic mass is 9.62. The Kier molecular flexibility index (Phi) is 4.42. The van der Waals surface area contributed by atoms with Crippen LogP contribution in [0.5, 0.6) is 0 Å². The molecule has 2 saturated heterocycles. The van der Waals surface area contributed by atoms with Crippen molar-refractivity contribution in [2.75, 3.05) is 19.3 Å². The van der Waals surface area contributed by atoms with Crippen LogP contribution in [0.3, 0.4) is 0 Å². The summed E-state index contributed by atoms with van der Waals surface area (Å²) in [6, 6.07) is 1.55. The van der Waals surface area contributed by atoms with Gasteiger partial charge in [-0.2, -0.15) is 0 Å². The Labute approximate surface area is 117 Å². The van der Waals surface area contributed by atoms with E-state index in [9.17, 15) is 0 Å². The van der Waals surface area contributed by atoms with Crippen molar-refractivity contribution in [1.29, 1.82) is 0 Å². The summed E-state index contributed by atoms with van der Waals surface area (Å²) in [5, 5.41) is 0. The van der Waals surface area contributed by atoms with E-state index in [1.165, 1.54) is 25.6 Å². The lowest BCUT2D eigenvalue weighted by molar-refractivity contribution is -0.0564. The average molecular weight is 286 g/mol. The molecule has 4 heteroatoms. The fourth-order valence-electron chi connectivity index (χ4n) is 3.58. The first-order valence-corrected chi connectivity index (χ1v) is 13.2. The molecule has 106 valence electrons. The van der Waals surface area contributed by atoms with Gasteiger partial charge in [0.05, 0.1) is 8.31 Å². The summed E-state index contributed by atoms with van der Waals surface area (Å²) in [6.45, 7) is 14.7. The Balaban J connectivity index is 2.03. The van der Waals surface area contributed by atoms with E-state index in [2.05, 4.69) is 39.5 Å². The molecule has 18 heavy (non-hydrogen) atoms. The molecule has 2 aliphatic heterocycles. The van der Waals surface area contributed by atoms with Gasteiger partial charge in [-0.3, -0.25) is 0 Å². The Morgan fingerprint density at radius 1 is 1.33 bits per heavy atom. The van der Waals surface area contributed by atoms with Crippen molar-refractivity contribution >= 4 is 17.6 Å². The van der Waals surface area contributed by atoms with E-state index in [-0.39, 0.29) is 9.28 Å². The van der Waals surface area contributed by atoms with Crippen LogP contribution in [0.25, 0.3) is 0 Å². The molecule has 0 aromatic heterocycles. The lowest BCUT2D eigenvalue weighted by Gasteiger charge is -2.57. The standard InChI is InChI=1S/C14H31NOSi2/c1-12-7-8-15(14(4,5)13(12,2)3)11-18-10-6-9-16-17-18/h12,18H,6-11,17H2,1-5H3. The smallest absolute Gasteiger partial charge is 0.148 e. The van der Waals surface area contributed by atoms with Crippen LogP contribution in [0.4, 0.5) is 0 Å². The minimum absolute atomic E-state index is 0.123. The molecule has 0 N–H and O–H groups in total. The van der Waals surface area contributed by atoms with Crippen LogP contribution in [-0.2, 0) is 4.43 Å². The number of likely N-dealkylation sites (tertiary alicyclic amines) is 1. The number of hydrogen-bond acceptors (Lipinski definition) is 2. The molecule has 0 spiro atoms. The zero-order valence-electron chi connectivity index (χ0n) is 13.0. The zero-order chi connectivity index (χ0) is 13.4. The molecule has 2 atom stereocenters. The molecule has 0 radical (unpaired) electrons. The molecule has 0 aromatic carbocycles. The van der Waals surface area contributed by atoms with E-state index in [4.69, 9.17) is 4.43 Å². The highest BCUT2D eigenvalue weighted by Crippen LogP contribution is 2.46. The largest absolute Gasteiger partial charge is 0.428 e. The summed E-state index contributed by atoms with van der Waals surface area (Å²) in [4.78, 5) is 2.82. The minimum Gasteiger partial charge on any atom is -0.428 e. The van der Waals surface area contributed by atoms with Crippen LogP contribution >= 0.6 is 0 Å². The van der Waals surface area contributed by atoms with Crippen molar-refractivity contribution in [2.45, 2.75) is 59.0 Å². The zero-order valence-corrected chi connectivity index (χ0v) is 15.5. The van der Waals surface area contributed by atoms with E-state index < -0.39 is 8.31 Å². The van der Waals surface area contributed by atoms with Crippen molar-refractivity contribution in [2.24, 2.45) is 11.3 Å². The molecular formula is C14H31NOSi2. The third-order valence-electron chi connectivity index (χ3n) is 6.16. The van der Waals surface area contributed by atoms with Crippen molar-refractivity contribution in [3.05, 3.63) is 0 Å². The van der Waals surface area contributed by atoms with Crippen molar-refractivity contribution in [3.8, 4) is 0 Å². The maximum atomic E-state index is 5.84. The van der Waals surface area contributed by atoms with Gasteiger partial charge in [-0.25, -0.2) is 0 Å². The highest BCUT2D eigenvalue weighted by molar-refractivity contribution is 7.10. The quantitative estimate of drug-likeness (QED) is 0.719. The summed E-state index contributed by atoms with van der Waals surface area (Å²) in [6.07, 6.45) is 4.15.